The Morgan fingerprint density at radius 3 is 2.69 bits per heavy atom. The minimum atomic E-state index is -0.295. The van der Waals surface area contributed by atoms with Gasteiger partial charge >= 0.3 is 5.97 Å². The van der Waals surface area contributed by atoms with Crippen molar-refractivity contribution in [2.24, 2.45) is 5.73 Å². The molecule has 0 aliphatic rings. The molecule has 1 rings (SSSR count). The van der Waals surface area contributed by atoms with Crippen molar-refractivity contribution in [3.05, 3.63) is 19.2 Å². The molecule has 2 N–H and O–H groups in total. The first kappa shape index (κ1) is 16.4. The van der Waals surface area contributed by atoms with Gasteiger partial charge in [-0.3, -0.25) is 4.79 Å². The molecule has 1 aromatic heterocycles. The van der Waals surface area contributed by atoms with Crippen LogP contribution in [0.5, 0.6) is 0 Å². The third-order valence-electron chi connectivity index (χ3n) is 1.72. The number of carbonyl (C=O) groups is 1. The first-order valence-electron chi connectivity index (χ1n) is 4.40. The van der Waals surface area contributed by atoms with Gasteiger partial charge in [-0.2, -0.15) is 0 Å². The van der Waals surface area contributed by atoms with Crippen LogP contribution in [0.4, 0.5) is 0 Å². The molecule has 0 unspecified atom stereocenters. The lowest BCUT2D eigenvalue weighted by Gasteiger charge is -2.07. The Labute approximate surface area is 121 Å². The number of rotatable bonds is 4. The molecule has 0 bridgehead atoms. The fourth-order valence-electron chi connectivity index (χ4n) is 1.05. The zero-order valence-electron chi connectivity index (χ0n) is 8.54. The number of thiophene rings is 1. The predicted molar refractivity (Wildman–Crippen MR) is 75.1 cm³/mol. The van der Waals surface area contributed by atoms with E-state index in [4.69, 9.17) is 10.5 Å². The standard InChI is InChI=1S/C9H11Br2NO2S.ClH/c1-2-14-8(13)4-6(12)7-3-5(10)9(11)15-7;/h3,6H,2,4,12H2,1H3;1H/t6-;/m0./s1. The van der Waals surface area contributed by atoms with Crippen molar-refractivity contribution in [2.75, 3.05) is 6.61 Å². The highest BCUT2D eigenvalue weighted by molar-refractivity contribution is 9.13. The maximum atomic E-state index is 11.2. The van der Waals surface area contributed by atoms with Crippen LogP contribution in [0.3, 0.4) is 0 Å². The smallest absolute Gasteiger partial charge is 0.307 e. The zero-order valence-corrected chi connectivity index (χ0v) is 13.3. The molecule has 7 heteroatoms. The summed E-state index contributed by atoms with van der Waals surface area (Å²) in [7, 11) is 0. The molecular weight excluding hydrogens is 381 g/mol. The van der Waals surface area contributed by atoms with E-state index in [0.29, 0.717) is 6.61 Å². The van der Waals surface area contributed by atoms with Gasteiger partial charge in [0, 0.05) is 15.4 Å². The molecule has 0 spiro atoms. The van der Waals surface area contributed by atoms with E-state index in [0.717, 1.165) is 13.1 Å². The Morgan fingerprint density at radius 2 is 2.25 bits per heavy atom. The lowest BCUT2D eigenvalue weighted by atomic mass is 10.2. The van der Waals surface area contributed by atoms with Crippen molar-refractivity contribution in [1.29, 1.82) is 0 Å². The largest absolute Gasteiger partial charge is 0.466 e. The molecule has 0 radical (unpaired) electrons. The summed E-state index contributed by atoms with van der Waals surface area (Å²) in [6.07, 6.45) is 0.216. The number of ether oxygens (including phenoxy) is 1. The molecule has 0 aliphatic carbocycles. The molecule has 1 heterocycles. The molecule has 1 aromatic rings. The summed E-state index contributed by atoms with van der Waals surface area (Å²) in [5.74, 6) is -0.259. The Hall–Kier alpha value is 0.380. The van der Waals surface area contributed by atoms with Crippen LogP contribution in [0.25, 0.3) is 0 Å². The molecule has 0 amide bonds. The molecule has 0 saturated heterocycles. The number of halogens is 3. The van der Waals surface area contributed by atoms with Crippen LogP contribution in [-0.2, 0) is 9.53 Å². The fourth-order valence-corrected chi connectivity index (χ4v) is 3.14. The normalized spacial score (nSPS) is 11.8. The van der Waals surface area contributed by atoms with Crippen LogP contribution in [0.15, 0.2) is 14.3 Å². The Balaban J connectivity index is 0.00000225. The van der Waals surface area contributed by atoms with Crippen molar-refractivity contribution < 1.29 is 9.53 Å². The van der Waals surface area contributed by atoms with Gasteiger partial charge in [0.1, 0.15) is 0 Å². The molecule has 1 atom stereocenters. The Kier molecular flexibility index (Phi) is 7.84. The Morgan fingerprint density at radius 1 is 1.62 bits per heavy atom. The number of esters is 1. The van der Waals surface area contributed by atoms with Crippen LogP contribution in [0.2, 0.25) is 0 Å². The molecular formula is C9H12Br2ClNO2S. The van der Waals surface area contributed by atoms with E-state index in [1.807, 2.05) is 6.07 Å². The van der Waals surface area contributed by atoms with Crippen molar-refractivity contribution in [3.63, 3.8) is 0 Å². The van der Waals surface area contributed by atoms with Gasteiger partial charge in [-0.05, 0) is 44.8 Å². The van der Waals surface area contributed by atoms with Crippen LogP contribution in [-0.4, -0.2) is 12.6 Å². The SMILES string of the molecule is CCOC(=O)C[C@H](N)c1cc(Br)c(Br)s1.Cl. The molecule has 0 saturated carbocycles. The van der Waals surface area contributed by atoms with Gasteiger partial charge in [0.25, 0.3) is 0 Å². The van der Waals surface area contributed by atoms with Gasteiger partial charge in [-0.15, -0.1) is 23.7 Å². The first-order valence-corrected chi connectivity index (χ1v) is 6.80. The van der Waals surface area contributed by atoms with Crippen LogP contribution >= 0.6 is 55.6 Å². The third kappa shape index (κ3) is 4.71. The summed E-state index contributed by atoms with van der Waals surface area (Å²) in [4.78, 5) is 12.2. The van der Waals surface area contributed by atoms with E-state index in [2.05, 4.69) is 31.9 Å². The highest BCUT2D eigenvalue weighted by Crippen LogP contribution is 2.35. The lowest BCUT2D eigenvalue weighted by Crippen LogP contribution is -2.16. The van der Waals surface area contributed by atoms with E-state index in [1.165, 1.54) is 11.3 Å². The maximum absolute atomic E-state index is 11.2. The van der Waals surface area contributed by atoms with E-state index in [9.17, 15) is 4.79 Å². The van der Waals surface area contributed by atoms with Crippen LogP contribution in [0, 0.1) is 0 Å². The monoisotopic (exact) mass is 391 g/mol. The molecule has 92 valence electrons. The second-order valence-corrected chi connectivity index (χ2v) is 6.14. The maximum Gasteiger partial charge on any atom is 0.307 e. The minimum Gasteiger partial charge on any atom is -0.466 e. The highest BCUT2D eigenvalue weighted by atomic mass is 79.9. The summed E-state index contributed by atoms with van der Waals surface area (Å²) in [6.45, 7) is 2.17. The molecule has 3 nitrogen and oxygen atoms in total. The Bertz CT molecular complexity index is 340. The summed E-state index contributed by atoms with van der Waals surface area (Å²) in [6, 6.07) is 1.62. The van der Waals surface area contributed by atoms with Crippen molar-refractivity contribution >= 4 is 61.6 Å². The van der Waals surface area contributed by atoms with E-state index >= 15 is 0 Å². The van der Waals surface area contributed by atoms with Gasteiger partial charge in [0.15, 0.2) is 0 Å². The number of carbonyl (C=O) groups excluding carboxylic acids is 1. The topological polar surface area (TPSA) is 52.3 Å². The van der Waals surface area contributed by atoms with E-state index < -0.39 is 0 Å². The lowest BCUT2D eigenvalue weighted by molar-refractivity contribution is -0.143. The molecule has 0 fully saturated rings. The predicted octanol–water partition coefficient (Wildman–Crippen LogP) is 3.65. The molecule has 0 aromatic carbocycles. The summed E-state index contributed by atoms with van der Waals surface area (Å²) in [5.41, 5.74) is 5.88. The second kappa shape index (κ2) is 7.66. The van der Waals surface area contributed by atoms with Crippen molar-refractivity contribution in [3.8, 4) is 0 Å². The summed E-state index contributed by atoms with van der Waals surface area (Å²) in [5, 5.41) is 0. The van der Waals surface area contributed by atoms with Gasteiger partial charge in [0.05, 0.1) is 16.8 Å². The molecule has 16 heavy (non-hydrogen) atoms. The van der Waals surface area contributed by atoms with Gasteiger partial charge in [-0.1, -0.05) is 0 Å². The van der Waals surface area contributed by atoms with Gasteiger partial charge in [-0.25, -0.2) is 0 Å². The van der Waals surface area contributed by atoms with Crippen molar-refractivity contribution in [1.82, 2.24) is 0 Å². The summed E-state index contributed by atoms with van der Waals surface area (Å²) >= 11 is 8.27. The average molecular weight is 394 g/mol. The zero-order chi connectivity index (χ0) is 11.4. The second-order valence-electron chi connectivity index (χ2n) is 2.89. The minimum absolute atomic E-state index is 0. The van der Waals surface area contributed by atoms with Gasteiger partial charge in [0.2, 0.25) is 0 Å². The summed E-state index contributed by atoms with van der Waals surface area (Å²) < 4.78 is 6.78. The van der Waals surface area contributed by atoms with Crippen LogP contribution in [0.1, 0.15) is 24.3 Å². The van der Waals surface area contributed by atoms with Crippen LogP contribution < -0.4 is 5.73 Å². The van der Waals surface area contributed by atoms with Crippen molar-refractivity contribution in [2.45, 2.75) is 19.4 Å². The average Bonchev–Trinajstić information content (AvgIpc) is 2.47. The van der Waals surface area contributed by atoms with E-state index in [-0.39, 0.29) is 30.8 Å². The van der Waals surface area contributed by atoms with Gasteiger partial charge < -0.3 is 10.5 Å². The third-order valence-corrected chi connectivity index (χ3v) is 5.11. The molecule has 0 aliphatic heterocycles. The quantitative estimate of drug-likeness (QED) is 0.795. The van der Waals surface area contributed by atoms with E-state index in [1.54, 1.807) is 6.92 Å². The fraction of sp³-hybridized carbons (Fsp3) is 0.444. The number of nitrogens with two attached hydrogens (primary N) is 1. The highest BCUT2D eigenvalue weighted by Gasteiger charge is 2.15. The first-order chi connectivity index (χ1) is 7.04. The number of hydrogen-bond acceptors (Lipinski definition) is 4. The number of hydrogen-bond donors (Lipinski definition) is 1.